The van der Waals surface area contributed by atoms with Crippen molar-refractivity contribution in [1.82, 2.24) is 15.6 Å². The number of aliphatic imine (C=N–C) groups is 1. The fraction of sp³-hybridized carbons (Fsp3) is 0.400. The van der Waals surface area contributed by atoms with E-state index < -0.39 is 0 Å². The Labute approximate surface area is 149 Å². The van der Waals surface area contributed by atoms with Gasteiger partial charge in [-0.3, -0.25) is 9.98 Å². The number of guanidine groups is 1. The molecular weight excluding hydrogens is 312 g/mol. The van der Waals surface area contributed by atoms with Gasteiger partial charge in [-0.2, -0.15) is 0 Å². The summed E-state index contributed by atoms with van der Waals surface area (Å²) in [6, 6.07) is 9.82. The number of rotatable bonds is 5. The minimum atomic E-state index is 0.372. The van der Waals surface area contributed by atoms with Crippen LogP contribution in [-0.2, 0) is 25.8 Å². The first-order valence-corrected chi connectivity index (χ1v) is 8.95. The Morgan fingerprint density at radius 3 is 2.84 bits per heavy atom. The molecule has 25 heavy (non-hydrogen) atoms. The van der Waals surface area contributed by atoms with Gasteiger partial charge in [-0.15, -0.1) is 0 Å². The third-order valence-corrected chi connectivity index (χ3v) is 4.68. The molecule has 0 aliphatic heterocycles. The maximum atomic E-state index is 10.3. The highest BCUT2D eigenvalue weighted by Crippen LogP contribution is 2.30. The van der Waals surface area contributed by atoms with Gasteiger partial charge in [0.2, 0.25) is 0 Å². The Balaban J connectivity index is 1.56. The number of aryl methyl sites for hydroxylation is 1. The number of phenols is 1. The van der Waals surface area contributed by atoms with Gasteiger partial charge in [-0.1, -0.05) is 12.1 Å². The molecule has 0 bridgehead atoms. The zero-order valence-electron chi connectivity index (χ0n) is 14.8. The molecular formula is C20H26N4O. The Morgan fingerprint density at radius 1 is 1.16 bits per heavy atom. The number of benzene rings is 1. The number of nitrogens with one attached hydrogen (secondary N) is 2. The molecule has 3 rings (SSSR count). The second kappa shape index (κ2) is 8.51. The van der Waals surface area contributed by atoms with Crippen LogP contribution in [0.25, 0.3) is 0 Å². The van der Waals surface area contributed by atoms with E-state index in [1.165, 1.54) is 24.0 Å². The Bertz CT molecular complexity index is 728. The molecule has 0 radical (unpaired) electrons. The molecule has 0 amide bonds. The maximum Gasteiger partial charge on any atom is 0.191 e. The number of phenolic OH excluding ortho intramolecular Hbond substituents is 1. The summed E-state index contributed by atoms with van der Waals surface area (Å²) in [6.45, 7) is 1.34. The van der Waals surface area contributed by atoms with E-state index >= 15 is 0 Å². The van der Waals surface area contributed by atoms with Gasteiger partial charge in [-0.05, 0) is 55.0 Å². The van der Waals surface area contributed by atoms with E-state index in [0.717, 1.165) is 43.0 Å². The van der Waals surface area contributed by atoms with Gasteiger partial charge in [0.15, 0.2) is 5.96 Å². The van der Waals surface area contributed by atoms with Crippen LogP contribution in [0.4, 0.5) is 0 Å². The van der Waals surface area contributed by atoms with E-state index in [1.807, 2.05) is 30.5 Å². The first kappa shape index (κ1) is 17.3. The van der Waals surface area contributed by atoms with Crippen LogP contribution in [0.2, 0.25) is 0 Å². The van der Waals surface area contributed by atoms with E-state index in [0.29, 0.717) is 12.3 Å². The van der Waals surface area contributed by atoms with E-state index in [-0.39, 0.29) is 0 Å². The van der Waals surface area contributed by atoms with Gasteiger partial charge in [0, 0.05) is 44.0 Å². The normalized spacial score (nSPS) is 14.0. The predicted octanol–water partition coefficient (Wildman–Crippen LogP) is 2.57. The monoisotopic (exact) mass is 338 g/mol. The van der Waals surface area contributed by atoms with Crippen LogP contribution in [0.1, 0.15) is 35.2 Å². The highest BCUT2D eigenvalue weighted by molar-refractivity contribution is 5.79. The van der Waals surface area contributed by atoms with Crippen LogP contribution in [0, 0.1) is 0 Å². The Hall–Kier alpha value is -2.56. The molecule has 0 unspecified atom stereocenters. The summed E-state index contributed by atoms with van der Waals surface area (Å²) in [5.74, 6) is 1.11. The lowest BCUT2D eigenvalue weighted by atomic mass is 9.88. The van der Waals surface area contributed by atoms with Crippen LogP contribution in [-0.4, -0.2) is 29.6 Å². The molecule has 132 valence electrons. The summed E-state index contributed by atoms with van der Waals surface area (Å²) in [7, 11) is 1.76. The molecule has 5 nitrogen and oxygen atoms in total. The van der Waals surface area contributed by atoms with Gasteiger partial charge in [0.25, 0.3) is 0 Å². The topological polar surface area (TPSA) is 69.5 Å². The van der Waals surface area contributed by atoms with Gasteiger partial charge < -0.3 is 15.7 Å². The molecule has 1 aromatic heterocycles. The van der Waals surface area contributed by atoms with Crippen LogP contribution in [0.3, 0.4) is 0 Å². The summed E-state index contributed by atoms with van der Waals surface area (Å²) in [6.07, 6.45) is 7.24. The number of nitrogens with zero attached hydrogens (tertiary/aromatic N) is 2. The van der Waals surface area contributed by atoms with E-state index in [9.17, 15) is 5.11 Å². The Morgan fingerprint density at radius 2 is 2.04 bits per heavy atom. The molecule has 0 fully saturated rings. The molecule has 1 aliphatic rings. The average molecular weight is 338 g/mol. The molecule has 3 N–H and O–H groups in total. The molecule has 0 spiro atoms. The van der Waals surface area contributed by atoms with Crippen molar-refractivity contribution in [3.8, 4) is 5.75 Å². The van der Waals surface area contributed by atoms with Gasteiger partial charge in [0.1, 0.15) is 5.75 Å². The SMILES string of the molecule is CN=C(NCCc1ccccn1)NCc1c(O)ccc2c1CCCC2. The number of aromatic nitrogens is 1. The highest BCUT2D eigenvalue weighted by Gasteiger charge is 2.16. The van der Waals surface area contributed by atoms with Crippen molar-refractivity contribution in [3.05, 3.63) is 58.9 Å². The summed E-state index contributed by atoms with van der Waals surface area (Å²) in [4.78, 5) is 8.59. The van der Waals surface area contributed by atoms with Crippen molar-refractivity contribution in [2.75, 3.05) is 13.6 Å². The first-order valence-electron chi connectivity index (χ1n) is 8.95. The van der Waals surface area contributed by atoms with Crippen molar-refractivity contribution in [1.29, 1.82) is 0 Å². The largest absolute Gasteiger partial charge is 0.508 e. The molecule has 5 heteroatoms. The average Bonchev–Trinajstić information content (AvgIpc) is 2.66. The van der Waals surface area contributed by atoms with Crippen LogP contribution < -0.4 is 10.6 Å². The number of hydrogen-bond donors (Lipinski definition) is 3. The van der Waals surface area contributed by atoms with E-state index in [1.54, 1.807) is 7.05 Å². The van der Waals surface area contributed by atoms with Gasteiger partial charge >= 0.3 is 0 Å². The van der Waals surface area contributed by atoms with Crippen LogP contribution >= 0.6 is 0 Å². The highest BCUT2D eigenvalue weighted by atomic mass is 16.3. The van der Waals surface area contributed by atoms with Crippen molar-refractivity contribution in [2.45, 2.75) is 38.6 Å². The number of hydrogen-bond acceptors (Lipinski definition) is 3. The fourth-order valence-corrected chi connectivity index (χ4v) is 3.34. The predicted molar refractivity (Wildman–Crippen MR) is 101 cm³/mol. The Kier molecular flexibility index (Phi) is 5.88. The summed E-state index contributed by atoms with van der Waals surface area (Å²) >= 11 is 0. The second-order valence-electron chi connectivity index (χ2n) is 6.33. The zero-order chi connectivity index (χ0) is 17.5. The lowest BCUT2D eigenvalue weighted by Crippen LogP contribution is -2.38. The molecule has 1 heterocycles. The molecule has 0 saturated carbocycles. The third kappa shape index (κ3) is 4.50. The van der Waals surface area contributed by atoms with Gasteiger partial charge in [0.05, 0.1) is 0 Å². The van der Waals surface area contributed by atoms with E-state index in [2.05, 4.69) is 26.7 Å². The molecule has 1 aliphatic carbocycles. The molecule has 2 aromatic rings. The summed E-state index contributed by atoms with van der Waals surface area (Å²) in [5.41, 5.74) is 4.74. The standard InChI is InChI=1S/C20H26N4O/c1-21-20(23-13-11-16-7-4-5-12-22-16)24-14-18-17-8-3-2-6-15(17)9-10-19(18)25/h4-5,7,9-10,12,25H,2-3,6,8,11,13-14H2,1H3,(H2,21,23,24). The molecule has 0 saturated heterocycles. The minimum absolute atomic E-state index is 0.372. The molecule has 0 atom stereocenters. The van der Waals surface area contributed by atoms with Crippen molar-refractivity contribution in [3.63, 3.8) is 0 Å². The smallest absolute Gasteiger partial charge is 0.191 e. The third-order valence-electron chi connectivity index (χ3n) is 4.68. The zero-order valence-corrected chi connectivity index (χ0v) is 14.8. The quantitative estimate of drug-likeness (QED) is 0.579. The summed E-state index contributed by atoms with van der Waals surface area (Å²) < 4.78 is 0. The fourth-order valence-electron chi connectivity index (χ4n) is 3.34. The van der Waals surface area contributed by atoms with Crippen molar-refractivity contribution < 1.29 is 5.11 Å². The number of aromatic hydroxyl groups is 1. The van der Waals surface area contributed by atoms with Crippen molar-refractivity contribution >= 4 is 5.96 Å². The van der Waals surface area contributed by atoms with E-state index in [4.69, 9.17) is 0 Å². The van der Waals surface area contributed by atoms with Crippen LogP contribution in [0.5, 0.6) is 5.75 Å². The summed E-state index contributed by atoms with van der Waals surface area (Å²) in [5, 5.41) is 16.9. The number of fused-ring (bicyclic) bond motifs is 1. The number of pyridine rings is 1. The maximum absolute atomic E-state index is 10.3. The minimum Gasteiger partial charge on any atom is -0.508 e. The second-order valence-corrected chi connectivity index (χ2v) is 6.33. The van der Waals surface area contributed by atoms with Gasteiger partial charge in [-0.25, -0.2) is 0 Å². The lowest BCUT2D eigenvalue weighted by Gasteiger charge is -2.21. The lowest BCUT2D eigenvalue weighted by molar-refractivity contribution is 0.464. The van der Waals surface area contributed by atoms with Crippen LogP contribution in [0.15, 0.2) is 41.5 Å². The molecule has 1 aromatic carbocycles. The van der Waals surface area contributed by atoms with Crippen molar-refractivity contribution in [2.24, 2.45) is 4.99 Å². The first-order chi connectivity index (χ1) is 12.3.